The highest BCUT2D eigenvalue weighted by molar-refractivity contribution is 5.91. The van der Waals surface area contributed by atoms with Gasteiger partial charge in [-0.15, -0.1) is 0 Å². The standard InChI is InChI=1S/C26H28N2O4/c1-19-7-9-20(10-8-19)17-31-18-21-11-12-24-22(15-21)16-28(13-14-32-24)26(29)27-23-5-3-4-6-25(23)30-2/h3-12,15H,13-14,16-18H2,1-2H3,(H,27,29). The van der Waals surface area contributed by atoms with Crippen molar-refractivity contribution in [1.82, 2.24) is 4.90 Å². The molecule has 3 aromatic carbocycles. The summed E-state index contributed by atoms with van der Waals surface area (Å²) in [6.07, 6.45) is 0. The zero-order valence-electron chi connectivity index (χ0n) is 18.5. The Hall–Kier alpha value is -3.51. The number of rotatable bonds is 6. The van der Waals surface area contributed by atoms with Gasteiger partial charge in [0, 0.05) is 5.56 Å². The molecule has 3 aromatic rings. The predicted molar refractivity (Wildman–Crippen MR) is 124 cm³/mol. The monoisotopic (exact) mass is 432 g/mol. The van der Waals surface area contributed by atoms with Gasteiger partial charge in [-0.05, 0) is 42.3 Å². The molecular weight excluding hydrogens is 404 g/mol. The Morgan fingerprint density at radius 2 is 1.78 bits per heavy atom. The van der Waals surface area contributed by atoms with Gasteiger partial charge >= 0.3 is 6.03 Å². The smallest absolute Gasteiger partial charge is 0.322 e. The summed E-state index contributed by atoms with van der Waals surface area (Å²) < 4.78 is 17.1. The quantitative estimate of drug-likeness (QED) is 0.585. The van der Waals surface area contributed by atoms with Crippen LogP contribution in [-0.2, 0) is 24.5 Å². The van der Waals surface area contributed by atoms with Gasteiger partial charge < -0.3 is 24.4 Å². The van der Waals surface area contributed by atoms with Gasteiger partial charge in [0.25, 0.3) is 0 Å². The van der Waals surface area contributed by atoms with E-state index in [0.29, 0.717) is 44.3 Å². The molecule has 166 valence electrons. The second-order valence-electron chi connectivity index (χ2n) is 7.82. The first-order valence-electron chi connectivity index (χ1n) is 10.7. The first kappa shape index (κ1) is 21.7. The highest BCUT2D eigenvalue weighted by atomic mass is 16.5. The number of fused-ring (bicyclic) bond motifs is 1. The number of hydrogen-bond donors (Lipinski definition) is 1. The molecule has 1 N–H and O–H groups in total. The second-order valence-corrected chi connectivity index (χ2v) is 7.82. The summed E-state index contributed by atoms with van der Waals surface area (Å²) in [5, 5.41) is 2.94. The van der Waals surface area contributed by atoms with Crippen molar-refractivity contribution in [1.29, 1.82) is 0 Å². The predicted octanol–water partition coefficient (Wildman–Crippen LogP) is 5.15. The first-order chi connectivity index (χ1) is 15.6. The van der Waals surface area contributed by atoms with Gasteiger partial charge in [0.05, 0.1) is 39.1 Å². The van der Waals surface area contributed by atoms with Crippen LogP contribution in [0.1, 0.15) is 22.3 Å². The molecule has 1 heterocycles. The molecule has 0 aliphatic carbocycles. The molecule has 32 heavy (non-hydrogen) atoms. The zero-order valence-corrected chi connectivity index (χ0v) is 18.5. The number of benzene rings is 3. The number of nitrogens with one attached hydrogen (secondary N) is 1. The van der Waals surface area contributed by atoms with E-state index < -0.39 is 0 Å². The molecule has 6 heteroatoms. The van der Waals surface area contributed by atoms with Gasteiger partial charge in [-0.25, -0.2) is 4.79 Å². The van der Waals surface area contributed by atoms with E-state index in [-0.39, 0.29) is 6.03 Å². The van der Waals surface area contributed by atoms with Crippen LogP contribution in [0.4, 0.5) is 10.5 Å². The Labute approximate surface area is 188 Å². The molecule has 2 amide bonds. The summed E-state index contributed by atoms with van der Waals surface area (Å²) in [6.45, 7) is 4.52. The Bertz CT molecular complexity index is 1070. The lowest BCUT2D eigenvalue weighted by Gasteiger charge is -2.21. The number of nitrogens with zero attached hydrogens (tertiary/aromatic N) is 1. The molecule has 4 rings (SSSR count). The minimum absolute atomic E-state index is 0.188. The Morgan fingerprint density at radius 3 is 2.59 bits per heavy atom. The van der Waals surface area contributed by atoms with Crippen molar-refractivity contribution in [3.05, 3.63) is 89.0 Å². The number of amides is 2. The average Bonchev–Trinajstić information content (AvgIpc) is 3.03. The normalized spacial score (nSPS) is 13.0. The molecule has 0 bridgehead atoms. The lowest BCUT2D eigenvalue weighted by atomic mass is 10.1. The lowest BCUT2D eigenvalue weighted by molar-refractivity contribution is 0.107. The number of anilines is 1. The van der Waals surface area contributed by atoms with E-state index in [1.807, 2.05) is 36.4 Å². The van der Waals surface area contributed by atoms with E-state index in [1.54, 1.807) is 12.0 Å². The van der Waals surface area contributed by atoms with Crippen molar-refractivity contribution in [3.63, 3.8) is 0 Å². The van der Waals surface area contributed by atoms with Crippen molar-refractivity contribution in [2.24, 2.45) is 0 Å². The number of hydrogen-bond acceptors (Lipinski definition) is 4. The van der Waals surface area contributed by atoms with Crippen LogP contribution in [-0.4, -0.2) is 31.2 Å². The van der Waals surface area contributed by atoms with E-state index in [2.05, 4.69) is 42.6 Å². The van der Waals surface area contributed by atoms with E-state index in [0.717, 1.165) is 22.4 Å². The fourth-order valence-corrected chi connectivity index (χ4v) is 3.62. The van der Waals surface area contributed by atoms with E-state index in [9.17, 15) is 4.79 Å². The minimum atomic E-state index is -0.188. The molecular formula is C26H28N2O4. The largest absolute Gasteiger partial charge is 0.495 e. The Balaban J connectivity index is 1.40. The van der Waals surface area contributed by atoms with Crippen LogP contribution in [0, 0.1) is 6.92 Å². The maximum atomic E-state index is 12.9. The Kier molecular flexibility index (Phi) is 6.92. The summed E-state index contributed by atoms with van der Waals surface area (Å²) >= 11 is 0. The van der Waals surface area contributed by atoms with Crippen LogP contribution in [0.5, 0.6) is 11.5 Å². The van der Waals surface area contributed by atoms with E-state index >= 15 is 0 Å². The van der Waals surface area contributed by atoms with Crippen LogP contribution in [0.3, 0.4) is 0 Å². The summed E-state index contributed by atoms with van der Waals surface area (Å²) in [5.74, 6) is 1.43. The van der Waals surface area contributed by atoms with Crippen molar-refractivity contribution in [3.8, 4) is 11.5 Å². The fourth-order valence-electron chi connectivity index (χ4n) is 3.62. The molecule has 0 atom stereocenters. The summed E-state index contributed by atoms with van der Waals surface area (Å²) in [7, 11) is 1.59. The fraction of sp³-hybridized carbons (Fsp3) is 0.269. The SMILES string of the molecule is COc1ccccc1NC(=O)N1CCOc2ccc(COCc3ccc(C)cc3)cc2C1. The zero-order chi connectivity index (χ0) is 22.3. The highest BCUT2D eigenvalue weighted by Crippen LogP contribution is 2.27. The number of carbonyl (C=O) groups excluding carboxylic acids is 1. The second kappa shape index (κ2) is 10.2. The van der Waals surface area contributed by atoms with E-state index in [4.69, 9.17) is 14.2 Å². The molecule has 6 nitrogen and oxygen atoms in total. The van der Waals surface area contributed by atoms with Crippen molar-refractivity contribution >= 4 is 11.7 Å². The number of aryl methyl sites for hydroxylation is 1. The van der Waals surface area contributed by atoms with Crippen LogP contribution in [0.2, 0.25) is 0 Å². The molecule has 1 aliphatic rings. The van der Waals surface area contributed by atoms with Gasteiger partial charge in [0.1, 0.15) is 18.1 Å². The third-order valence-electron chi connectivity index (χ3n) is 5.40. The maximum absolute atomic E-state index is 12.9. The van der Waals surface area contributed by atoms with Gasteiger partial charge in [-0.3, -0.25) is 0 Å². The minimum Gasteiger partial charge on any atom is -0.495 e. The summed E-state index contributed by atoms with van der Waals surface area (Å²) in [6, 6.07) is 21.5. The summed E-state index contributed by atoms with van der Waals surface area (Å²) in [5.41, 5.74) is 5.04. The van der Waals surface area contributed by atoms with E-state index in [1.165, 1.54) is 5.56 Å². The van der Waals surface area contributed by atoms with Crippen molar-refractivity contribution in [2.75, 3.05) is 25.6 Å². The number of methoxy groups -OCH3 is 1. The molecule has 0 aromatic heterocycles. The third kappa shape index (κ3) is 5.39. The van der Waals surface area contributed by atoms with Crippen LogP contribution in [0.25, 0.3) is 0 Å². The maximum Gasteiger partial charge on any atom is 0.322 e. The Morgan fingerprint density at radius 1 is 1.03 bits per heavy atom. The number of carbonyl (C=O) groups is 1. The van der Waals surface area contributed by atoms with Gasteiger partial charge in [-0.1, -0.05) is 48.0 Å². The molecule has 1 aliphatic heterocycles. The molecule has 0 saturated carbocycles. The topological polar surface area (TPSA) is 60.0 Å². The van der Waals surface area contributed by atoms with Crippen LogP contribution in [0.15, 0.2) is 66.7 Å². The molecule has 0 fully saturated rings. The van der Waals surface area contributed by atoms with Gasteiger partial charge in [-0.2, -0.15) is 0 Å². The molecule has 0 spiro atoms. The molecule has 0 radical (unpaired) electrons. The first-order valence-corrected chi connectivity index (χ1v) is 10.7. The third-order valence-corrected chi connectivity index (χ3v) is 5.40. The molecule has 0 unspecified atom stereocenters. The van der Waals surface area contributed by atoms with Crippen LogP contribution >= 0.6 is 0 Å². The van der Waals surface area contributed by atoms with Crippen molar-refractivity contribution < 1.29 is 19.0 Å². The van der Waals surface area contributed by atoms with Gasteiger partial charge in [0.2, 0.25) is 0 Å². The number of urea groups is 1. The van der Waals surface area contributed by atoms with Gasteiger partial charge in [0.15, 0.2) is 0 Å². The summed E-state index contributed by atoms with van der Waals surface area (Å²) in [4.78, 5) is 14.7. The average molecular weight is 433 g/mol. The number of para-hydroxylation sites is 2. The molecule has 0 saturated heterocycles. The van der Waals surface area contributed by atoms with Crippen molar-refractivity contribution in [2.45, 2.75) is 26.7 Å². The highest BCUT2D eigenvalue weighted by Gasteiger charge is 2.21. The van der Waals surface area contributed by atoms with Crippen LogP contribution < -0.4 is 14.8 Å². The lowest BCUT2D eigenvalue weighted by Crippen LogP contribution is -2.36. The number of ether oxygens (including phenoxy) is 3.